The number of nitrogens with one attached hydrogen (secondary N) is 2. The zero-order chi connectivity index (χ0) is 17.8. The number of hydrogen-bond donors (Lipinski definition) is 3. The monoisotopic (exact) mass is 349 g/mol. The lowest BCUT2D eigenvalue weighted by Gasteiger charge is -2.07. The Labute approximate surface area is 149 Å². The molecule has 132 valence electrons. The summed E-state index contributed by atoms with van der Waals surface area (Å²) in [5, 5.41) is 9.87. The molecule has 1 aliphatic rings. The molecule has 5 rings (SSSR count). The van der Waals surface area contributed by atoms with Crippen LogP contribution in [0.2, 0.25) is 0 Å². The van der Waals surface area contributed by atoms with E-state index in [-0.39, 0.29) is 0 Å². The van der Waals surface area contributed by atoms with E-state index in [0.29, 0.717) is 17.4 Å². The molecule has 0 spiro atoms. The van der Waals surface area contributed by atoms with Crippen molar-refractivity contribution in [2.24, 2.45) is 7.05 Å². The summed E-state index contributed by atoms with van der Waals surface area (Å²) < 4.78 is 7.23. The number of aryl methyl sites for hydroxylation is 1. The zero-order valence-corrected chi connectivity index (χ0v) is 14.6. The van der Waals surface area contributed by atoms with Crippen molar-refractivity contribution in [3.63, 3.8) is 0 Å². The van der Waals surface area contributed by atoms with E-state index in [1.165, 1.54) is 12.8 Å². The second-order valence-electron chi connectivity index (χ2n) is 6.69. The molecule has 4 aromatic rings. The summed E-state index contributed by atoms with van der Waals surface area (Å²) in [4.78, 5) is 12.1. The molecule has 0 radical (unpaired) electrons. The molecule has 0 bridgehead atoms. The van der Waals surface area contributed by atoms with Crippen molar-refractivity contribution in [2.45, 2.75) is 18.8 Å². The smallest absolute Gasteiger partial charge is 0.145 e. The van der Waals surface area contributed by atoms with Crippen LogP contribution in [0.15, 0.2) is 24.5 Å². The first-order chi connectivity index (χ1) is 12.6. The molecule has 3 aromatic heterocycles. The molecule has 8 nitrogen and oxygen atoms in total. The third kappa shape index (κ3) is 2.26. The minimum atomic E-state index is 0.578. The first kappa shape index (κ1) is 15.0. The maximum Gasteiger partial charge on any atom is 0.145 e. The fourth-order valence-electron chi connectivity index (χ4n) is 3.35. The molecule has 0 unspecified atom stereocenters. The SMILES string of the molecule is COc1cc2c(cc1N)[nH]c1ncnc(Nc3cc(C4CC4)nn3C)c12. The fourth-order valence-corrected chi connectivity index (χ4v) is 3.35. The standard InChI is InChI=1S/C18H19N7O/c1-25-15(7-12(24-25)9-3-4-9)23-18-16-10-5-14(26-2)11(19)6-13(10)22-17(16)20-8-21-18/h5-9H,3-4,19H2,1-2H3,(H2,20,21,22,23). The summed E-state index contributed by atoms with van der Waals surface area (Å²) in [7, 11) is 3.54. The molecule has 1 aliphatic carbocycles. The Kier molecular flexibility index (Phi) is 3.09. The summed E-state index contributed by atoms with van der Waals surface area (Å²) in [5.41, 5.74) is 9.38. The van der Waals surface area contributed by atoms with Crippen molar-refractivity contribution >= 4 is 39.3 Å². The van der Waals surface area contributed by atoms with Crippen molar-refractivity contribution < 1.29 is 4.74 Å². The van der Waals surface area contributed by atoms with Crippen LogP contribution in [0.5, 0.6) is 5.75 Å². The topological polar surface area (TPSA) is 107 Å². The number of nitrogen functional groups attached to an aromatic ring is 1. The number of aromatic amines is 1. The first-order valence-electron chi connectivity index (χ1n) is 8.55. The van der Waals surface area contributed by atoms with E-state index in [4.69, 9.17) is 10.5 Å². The fraction of sp³-hybridized carbons (Fsp3) is 0.278. The van der Waals surface area contributed by atoms with Crippen LogP contribution in [0.3, 0.4) is 0 Å². The highest BCUT2D eigenvalue weighted by molar-refractivity contribution is 6.12. The number of anilines is 3. The van der Waals surface area contributed by atoms with Gasteiger partial charge in [0.15, 0.2) is 0 Å². The number of methoxy groups -OCH3 is 1. The molecule has 0 saturated heterocycles. The van der Waals surface area contributed by atoms with Gasteiger partial charge >= 0.3 is 0 Å². The molecule has 0 aliphatic heterocycles. The van der Waals surface area contributed by atoms with Crippen LogP contribution in [-0.4, -0.2) is 31.8 Å². The largest absolute Gasteiger partial charge is 0.495 e. The van der Waals surface area contributed by atoms with Gasteiger partial charge in [0.05, 0.1) is 29.4 Å². The van der Waals surface area contributed by atoms with Crippen LogP contribution in [0.4, 0.5) is 17.3 Å². The number of benzene rings is 1. The Morgan fingerprint density at radius 3 is 2.88 bits per heavy atom. The zero-order valence-electron chi connectivity index (χ0n) is 14.6. The van der Waals surface area contributed by atoms with Gasteiger partial charge < -0.3 is 20.8 Å². The van der Waals surface area contributed by atoms with Gasteiger partial charge in [0, 0.05) is 24.4 Å². The Morgan fingerprint density at radius 2 is 2.12 bits per heavy atom. The van der Waals surface area contributed by atoms with E-state index in [2.05, 4.69) is 31.4 Å². The van der Waals surface area contributed by atoms with Crippen molar-refractivity contribution in [1.29, 1.82) is 0 Å². The van der Waals surface area contributed by atoms with Crippen molar-refractivity contribution in [2.75, 3.05) is 18.2 Å². The van der Waals surface area contributed by atoms with Crippen LogP contribution in [0.25, 0.3) is 21.9 Å². The second-order valence-corrected chi connectivity index (χ2v) is 6.69. The van der Waals surface area contributed by atoms with E-state index in [0.717, 1.165) is 39.3 Å². The number of ether oxygens (including phenoxy) is 1. The minimum absolute atomic E-state index is 0.578. The van der Waals surface area contributed by atoms with Crippen LogP contribution in [0, 0.1) is 0 Å². The number of fused-ring (bicyclic) bond motifs is 3. The number of hydrogen-bond acceptors (Lipinski definition) is 6. The summed E-state index contributed by atoms with van der Waals surface area (Å²) in [6, 6.07) is 5.87. The van der Waals surface area contributed by atoms with E-state index in [1.807, 2.05) is 23.9 Å². The van der Waals surface area contributed by atoms with E-state index >= 15 is 0 Å². The lowest BCUT2D eigenvalue weighted by Crippen LogP contribution is -2.01. The normalized spacial score (nSPS) is 14.2. The minimum Gasteiger partial charge on any atom is -0.495 e. The quantitative estimate of drug-likeness (QED) is 0.489. The predicted molar refractivity (Wildman–Crippen MR) is 101 cm³/mol. The number of nitrogens with two attached hydrogens (primary N) is 1. The average Bonchev–Trinajstić information content (AvgIpc) is 3.32. The van der Waals surface area contributed by atoms with Gasteiger partial charge in [0.25, 0.3) is 0 Å². The first-order valence-corrected chi connectivity index (χ1v) is 8.55. The van der Waals surface area contributed by atoms with Crippen LogP contribution >= 0.6 is 0 Å². The summed E-state index contributed by atoms with van der Waals surface area (Å²) in [6.07, 6.45) is 3.98. The highest BCUT2D eigenvalue weighted by Gasteiger charge is 2.27. The molecular weight excluding hydrogens is 330 g/mol. The number of nitrogens with zero attached hydrogens (tertiary/aromatic N) is 4. The van der Waals surface area contributed by atoms with Gasteiger partial charge in [0.2, 0.25) is 0 Å². The van der Waals surface area contributed by atoms with Crippen LogP contribution in [0.1, 0.15) is 24.5 Å². The van der Waals surface area contributed by atoms with Gasteiger partial charge in [-0.1, -0.05) is 0 Å². The molecule has 3 heterocycles. The molecule has 1 saturated carbocycles. The molecule has 1 aromatic carbocycles. The van der Waals surface area contributed by atoms with Gasteiger partial charge in [-0.3, -0.25) is 4.68 Å². The number of rotatable bonds is 4. The molecule has 0 amide bonds. The van der Waals surface area contributed by atoms with Gasteiger partial charge in [-0.05, 0) is 25.0 Å². The summed E-state index contributed by atoms with van der Waals surface area (Å²) >= 11 is 0. The van der Waals surface area contributed by atoms with Gasteiger partial charge in [-0.15, -0.1) is 0 Å². The lowest BCUT2D eigenvalue weighted by atomic mass is 10.1. The number of aromatic nitrogens is 5. The average molecular weight is 349 g/mol. The Morgan fingerprint density at radius 1 is 1.27 bits per heavy atom. The molecule has 26 heavy (non-hydrogen) atoms. The molecular formula is C18H19N7O. The van der Waals surface area contributed by atoms with Crippen LogP contribution in [-0.2, 0) is 7.05 Å². The Bertz CT molecular complexity index is 1140. The van der Waals surface area contributed by atoms with E-state index in [9.17, 15) is 0 Å². The van der Waals surface area contributed by atoms with Crippen molar-refractivity contribution in [1.82, 2.24) is 24.7 Å². The maximum absolute atomic E-state index is 6.03. The summed E-state index contributed by atoms with van der Waals surface area (Å²) in [5.74, 6) is 2.86. The summed E-state index contributed by atoms with van der Waals surface area (Å²) in [6.45, 7) is 0. The Hall–Kier alpha value is -3.29. The lowest BCUT2D eigenvalue weighted by molar-refractivity contribution is 0.417. The third-order valence-corrected chi connectivity index (χ3v) is 4.88. The molecule has 8 heteroatoms. The third-order valence-electron chi connectivity index (χ3n) is 4.88. The van der Waals surface area contributed by atoms with E-state index in [1.54, 1.807) is 13.4 Å². The van der Waals surface area contributed by atoms with Crippen molar-refractivity contribution in [3.8, 4) is 5.75 Å². The maximum atomic E-state index is 6.03. The number of H-pyrrole nitrogens is 1. The van der Waals surface area contributed by atoms with Crippen LogP contribution < -0.4 is 15.8 Å². The van der Waals surface area contributed by atoms with Gasteiger partial charge in [-0.2, -0.15) is 5.10 Å². The van der Waals surface area contributed by atoms with E-state index < -0.39 is 0 Å². The van der Waals surface area contributed by atoms with Gasteiger partial charge in [-0.25, -0.2) is 9.97 Å². The Balaban J connectivity index is 1.66. The highest BCUT2D eigenvalue weighted by atomic mass is 16.5. The van der Waals surface area contributed by atoms with Gasteiger partial charge in [0.1, 0.15) is 29.4 Å². The molecule has 0 atom stereocenters. The predicted octanol–water partition coefficient (Wildman–Crippen LogP) is 3.06. The molecule has 1 fully saturated rings. The van der Waals surface area contributed by atoms with Crippen molar-refractivity contribution in [3.05, 3.63) is 30.2 Å². The second kappa shape index (κ2) is 5.35. The highest BCUT2D eigenvalue weighted by Crippen LogP contribution is 2.40. The molecule has 4 N–H and O–H groups in total.